The third kappa shape index (κ3) is 2.71. The molecule has 1 aromatic rings. The molecule has 0 radical (unpaired) electrons. The predicted molar refractivity (Wildman–Crippen MR) is 73.3 cm³/mol. The van der Waals surface area contributed by atoms with Gasteiger partial charge in [0.15, 0.2) is 0 Å². The summed E-state index contributed by atoms with van der Waals surface area (Å²) in [5, 5.41) is 0. The topological polar surface area (TPSA) is 42.1 Å². The molecular formula is C14H23N3. The molecule has 0 aliphatic carbocycles. The molecule has 3 heteroatoms. The van der Waals surface area contributed by atoms with Crippen LogP contribution in [0.25, 0.3) is 0 Å². The summed E-state index contributed by atoms with van der Waals surface area (Å²) in [6, 6.07) is 4.72. The van der Waals surface area contributed by atoms with Gasteiger partial charge in [-0.05, 0) is 44.7 Å². The molecule has 17 heavy (non-hydrogen) atoms. The van der Waals surface area contributed by atoms with Crippen LogP contribution in [0, 0.1) is 6.92 Å². The number of aromatic nitrogens is 1. The number of aryl methyl sites for hydroxylation is 1. The molecule has 1 fully saturated rings. The Hall–Kier alpha value is -1.25. The first-order valence-electron chi connectivity index (χ1n) is 6.72. The van der Waals surface area contributed by atoms with Crippen molar-refractivity contribution in [2.24, 2.45) is 0 Å². The zero-order valence-corrected chi connectivity index (χ0v) is 10.9. The van der Waals surface area contributed by atoms with E-state index in [2.05, 4.69) is 22.9 Å². The average molecular weight is 233 g/mol. The van der Waals surface area contributed by atoms with Crippen molar-refractivity contribution in [2.45, 2.75) is 52.0 Å². The van der Waals surface area contributed by atoms with E-state index in [1.807, 2.05) is 13.0 Å². The number of pyridine rings is 1. The molecule has 2 heterocycles. The highest BCUT2D eigenvalue weighted by molar-refractivity contribution is 5.51. The fourth-order valence-corrected chi connectivity index (χ4v) is 2.65. The Balaban J connectivity index is 2.20. The Kier molecular flexibility index (Phi) is 3.87. The van der Waals surface area contributed by atoms with Crippen LogP contribution in [0.1, 0.15) is 44.7 Å². The Labute approximate surface area is 104 Å². The lowest BCUT2D eigenvalue weighted by Crippen LogP contribution is -2.40. The molecule has 0 aromatic carbocycles. The van der Waals surface area contributed by atoms with E-state index in [1.165, 1.54) is 32.1 Å². The van der Waals surface area contributed by atoms with Crippen LogP contribution in [0.15, 0.2) is 12.1 Å². The standard InChI is InChI=1S/C14H23N3/c1-3-6-12-7-4-5-10-17(12)14-9-8-13(15)11(2)16-14/h8-9,12H,3-7,10,15H2,1-2H3. The van der Waals surface area contributed by atoms with Gasteiger partial charge in [0.2, 0.25) is 0 Å². The highest BCUT2D eigenvalue weighted by Gasteiger charge is 2.22. The van der Waals surface area contributed by atoms with Gasteiger partial charge < -0.3 is 10.6 Å². The van der Waals surface area contributed by atoms with Gasteiger partial charge in [-0.3, -0.25) is 0 Å². The van der Waals surface area contributed by atoms with Gasteiger partial charge in [-0.2, -0.15) is 0 Å². The molecule has 0 amide bonds. The number of nitrogens with zero attached hydrogens (tertiary/aromatic N) is 2. The molecular weight excluding hydrogens is 210 g/mol. The lowest BCUT2D eigenvalue weighted by Gasteiger charge is -2.37. The summed E-state index contributed by atoms with van der Waals surface area (Å²) in [5.41, 5.74) is 7.57. The monoisotopic (exact) mass is 233 g/mol. The van der Waals surface area contributed by atoms with Gasteiger partial charge >= 0.3 is 0 Å². The zero-order valence-electron chi connectivity index (χ0n) is 10.9. The summed E-state index contributed by atoms with van der Waals surface area (Å²) in [6.07, 6.45) is 6.46. The number of nitrogens with two attached hydrogens (primary N) is 1. The Morgan fingerprint density at radius 2 is 2.24 bits per heavy atom. The van der Waals surface area contributed by atoms with Gasteiger partial charge in [-0.15, -0.1) is 0 Å². The van der Waals surface area contributed by atoms with E-state index in [-0.39, 0.29) is 0 Å². The smallest absolute Gasteiger partial charge is 0.129 e. The van der Waals surface area contributed by atoms with Crippen molar-refractivity contribution >= 4 is 11.5 Å². The van der Waals surface area contributed by atoms with Crippen molar-refractivity contribution in [1.82, 2.24) is 4.98 Å². The highest BCUT2D eigenvalue weighted by Crippen LogP contribution is 2.26. The van der Waals surface area contributed by atoms with Crippen LogP contribution in [-0.4, -0.2) is 17.6 Å². The first-order chi connectivity index (χ1) is 8.22. The van der Waals surface area contributed by atoms with E-state index in [0.29, 0.717) is 6.04 Å². The third-order valence-corrected chi connectivity index (χ3v) is 3.66. The van der Waals surface area contributed by atoms with E-state index in [1.54, 1.807) is 0 Å². The van der Waals surface area contributed by atoms with Gasteiger partial charge in [0.25, 0.3) is 0 Å². The van der Waals surface area contributed by atoms with Crippen LogP contribution >= 0.6 is 0 Å². The van der Waals surface area contributed by atoms with E-state index in [0.717, 1.165) is 23.7 Å². The van der Waals surface area contributed by atoms with Gasteiger partial charge in [0, 0.05) is 12.6 Å². The highest BCUT2D eigenvalue weighted by atomic mass is 15.2. The summed E-state index contributed by atoms with van der Waals surface area (Å²) in [5.74, 6) is 1.11. The molecule has 0 spiro atoms. The number of hydrogen-bond donors (Lipinski definition) is 1. The van der Waals surface area contributed by atoms with Crippen molar-refractivity contribution in [1.29, 1.82) is 0 Å². The van der Waals surface area contributed by atoms with Crippen molar-refractivity contribution in [3.63, 3.8) is 0 Å². The lowest BCUT2D eigenvalue weighted by molar-refractivity contribution is 0.432. The molecule has 1 unspecified atom stereocenters. The molecule has 1 aliphatic heterocycles. The number of piperidine rings is 1. The van der Waals surface area contributed by atoms with E-state index >= 15 is 0 Å². The van der Waals surface area contributed by atoms with Crippen LogP contribution in [0.3, 0.4) is 0 Å². The zero-order chi connectivity index (χ0) is 12.3. The number of hydrogen-bond acceptors (Lipinski definition) is 3. The maximum atomic E-state index is 5.83. The van der Waals surface area contributed by atoms with Gasteiger partial charge in [-0.1, -0.05) is 13.3 Å². The second-order valence-electron chi connectivity index (χ2n) is 4.98. The maximum absolute atomic E-state index is 5.83. The van der Waals surface area contributed by atoms with Crippen molar-refractivity contribution in [3.05, 3.63) is 17.8 Å². The molecule has 1 saturated heterocycles. The first kappa shape index (κ1) is 12.2. The SMILES string of the molecule is CCCC1CCCCN1c1ccc(N)c(C)n1. The van der Waals surface area contributed by atoms with E-state index < -0.39 is 0 Å². The second-order valence-corrected chi connectivity index (χ2v) is 4.98. The number of nitrogen functional groups attached to an aromatic ring is 1. The summed E-state index contributed by atoms with van der Waals surface area (Å²) >= 11 is 0. The fraction of sp³-hybridized carbons (Fsp3) is 0.643. The summed E-state index contributed by atoms with van der Waals surface area (Å²) in [6.45, 7) is 5.38. The first-order valence-corrected chi connectivity index (χ1v) is 6.72. The van der Waals surface area contributed by atoms with Crippen LogP contribution in [-0.2, 0) is 0 Å². The van der Waals surface area contributed by atoms with E-state index in [9.17, 15) is 0 Å². The normalized spacial score (nSPS) is 20.6. The minimum absolute atomic E-state index is 0.671. The largest absolute Gasteiger partial charge is 0.397 e. The minimum atomic E-state index is 0.671. The Morgan fingerprint density at radius 1 is 1.41 bits per heavy atom. The molecule has 1 aliphatic rings. The fourth-order valence-electron chi connectivity index (χ4n) is 2.65. The predicted octanol–water partition coefficient (Wildman–Crippen LogP) is 3.13. The van der Waals surface area contributed by atoms with Gasteiger partial charge in [0.05, 0.1) is 11.4 Å². The minimum Gasteiger partial charge on any atom is -0.397 e. The summed E-state index contributed by atoms with van der Waals surface area (Å²) in [7, 11) is 0. The van der Waals surface area contributed by atoms with Gasteiger partial charge in [-0.25, -0.2) is 4.98 Å². The maximum Gasteiger partial charge on any atom is 0.129 e. The van der Waals surface area contributed by atoms with Crippen molar-refractivity contribution in [2.75, 3.05) is 17.2 Å². The van der Waals surface area contributed by atoms with E-state index in [4.69, 9.17) is 5.73 Å². The Morgan fingerprint density at radius 3 is 2.94 bits per heavy atom. The van der Waals surface area contributed by atoms with Crippen LogP contribution < -0.4 is 10.6 Å². The molecule has 2 rings (SSSR count). The molecule has 0 saturated carbocycles. The molecule has 0 bridgehead atoms. The molecule has 1 atom stereocenters. The quantitative estimate of drug-likeness (QED) is 0.872. The van der Waals surface area contributed by atoms with Crippen LogP contribution in [0.2, 0.25) is 0 Å². The molecule has 1 aromatic heterocycles. The number of anilines is 2. The number of rotatable bonds is 3. The van der Waals surface area contributed by atoms with Crippen molar-refractivity contribution < 1.29 is 0 Å². The molecule has 94 valence electrons. The summed E-state index contributed by atoms with van der Waals surface area (Å²) < 4.78 is 0. The second kappa shape index (κ2) is 5.39. The molecule has 3 nitrogen and oxygen atoms in total. The van der Waals surface area contributed by atoms with Gasteiger partial charge in [0.1, 0.15) is 5.82 Å². The third-order valence-electron chi connectivity index (χ3n) is 3.66. The molecule has 2 N–H and O–H groups in total. The van der Waals surface area contributed by atoms with Crippen LogP contribution in [0.5, 0.6) is 0 Å². The average Bonchev–Trinajstić information content (AvgIpc) is 2.34. The Bertz CT molecular complexity index is 374. The summed E-state index contributed by atoms with van der Waals surface area (Å²) in [4.78, 5) is 7.10. The van der Waals surface area contributed by atoms with Crippen LogP contribution in [0.4, 0.5) is 11.5 Å². The van der Waals surface area contributed by atoms with Crippen molar-refractivity contribution in [3.8, 4) is 0 Å². The lowest BCUT2D eigenvalue weighted by atomic mass is 9.98.